The van der Waals surface area contributed by atoms with Gasteiger partial charge in [-0.25, -0.2) is 9.97 Å². The molecule has 0 radical (unpaired) electrons. The Labute approximate surface area is 145 Å². The van der Waals surface area contributed by atoms with Gasteiger partial charge in [0.25, 0.3) is 0 Å². The Morgan fingerprint density at radius 3 is 2.83 bits per heavy atom. The summed E-state index contributed by atoms with van der Waals surface area (Å²) in [6.07, 6.45) is 4.36. The smallest absolute Gasteiger partial charge is 0.134 e. The average Bonchev–Trinajstić information content (AvgIpc) is 2.63. The van der Waals surface area contributed by atoms with Crippen molar-refractivity contribution in [3.8, 4) is 17.0 Å². The first kappa shape index (κ1) is 16.1. The molecule has 1 aromatic carbocycles. The summed E-state index contributed by atoms with van der Waals surface area (Å²) in [5, 5.41) is 3.27. The number of hydrogen-bond donors (Lipinski definition) is 2. The van der Waals surface area contributed by atoms with Crippen molar-refractivity contribution in [2.24, 2.45) is 0 Å². The number of rotatable bonds is 5. The van der Waals surface area contributed by atoms with Crippen molar-refractivity contribution in [2.75, 3.05) is 12.4 Å². The highest BCUT2D eigenvalue weighted by atomic mass is 32.1. The van der Waals surface area contributed by atoms with Gasteiger partial charge in [-0.15, -0.1) is 0 Å². The molecule has 0 fully saturated rings. The lowest BCUT2D eigenvalue weighted by Crippen LogP contribution is -2.01. The van der Waals surface area contributed by atoms with Crippen molar-refractivity contribution in [2.45, 2.75) is 13.3 Å². The molecule has 2 heterocycles. The first-order valence-corrected chi connectivity index (χ1v) is 8.07. The third-order valence-electron chi connectivity index (χ3n) is 3.54. The quantitative estimate of drug-likeness (QED) is 0.670. The molecule has 0 saturated carbocycles. The second-order valence-corrected chi connectivity index (χ2v) is 5.63. The molecule has 0 aliphatic heterocycles. The van der Waals surface area contributed by atoms with Crippen LogP contribution in [0, 0.1) is 4.51 Å². The summed E-state index contributed by atoms with van der Waals surface area (Å²) in [6.45, 7) is 2.03. The monoisotopic (exact) mass is 338 g/mol. The summed E-state index contributed by atoms with van der Waals surface area (Å²) >= 11 is 5.33. The average molecular weight is 338 g/mol. The van der Waals surface area contributed by atoms with Crippen LogP contribution in [0.4, 0.5) is 11.5 Å². The first-order valence-electron chi connectivity index (χ1n) is 7.66. The molecule has 0 aliphatic rings. The highest BCUT2D eigenvalue weighted by molar-refractivity contribution is 7.71. The Morgan fingerprint density at radius 1 is 1.21 bits per heavy atom. The fraction of sp³-hybridized carbons (Fsp3) is 0.167. The molecular weight excluding hydrogens is 320 g/mol. The van der Waals surface area contributed by atoms with E-state index < -0.39 is 0 Å². The van der Waals surface area contributed by atoms with Crippen LogP contribution >= 0.6 is 12.2 Å². The zero-order chi connectivity index (χ0) is 16.9. The van der Waals surface area contributed by atoms with E-state index in [4.69, 9.17) is 17.0 Å². The molecule has 0 unspecified atom stereocenters. The summed E-state index contributed by atoms with van der Waals surface area (Å²) in [5.74, 6) is 2.28. The second kappa shape index (κ2) is 7.23. The molecule has 0 bridgehead atoms. The fourth-order valence-corrected chi connectivity index (χ4v) is 2.48. The van der Waals surface area contributed by atoms with Crippen molar-refractivity contribution in [3.05, 3.63) is 59.1 Å². The van der Waals surface area contributed by atoms with E-state index in [-0.39, 0.29) is 0 Å². The number of methoxy groups -OCH3 is 1. The van der Waals surface area contributed by atoms with Gasteiger partial charge < -0.3 is 15.0 Å². The number of hydrogen-bond acceptors (Lipinski definition) is 5. The number of ether oxygens (including phenoxy) is 1. The van der Waals surface area contributed by atoms with E-state index >= 15 is 0 Å². The van der Waals surface area contributed by atoms with E-state index in [1.54, 1.807) is 13.3 Å². The summed E-state index contributed by atoms with van der Waals surface area (Å²) in [6, 6.07) is 11.6. The summed E-state index contributed by atoms with van der Waals surface area (Å²) in [5.41, 5.74) is 2.63. The van der Waals surface area contributed by atoms with Gasteiger partial charge in [-0.3, -0.25) is 0 Å². The van der Waals surface area contributed by atoms with Crippen molar-refractivity contribution in [1.82, 2.24) is 15.0 Å². The fourth-order valence-electron chi connectivity index (χ4n) is 2.30. The predicted octanol–water partition coefficient (Wildman–Crippen LogP) is 4.52. The number of benzene rings is 1. The Morgan fingerprint density at radius 2 is 2.08 bits per heavy atom. The van der Waals surface area contributed by atoms with Crippen LogP contribution in [0.2, 0.25) is 0 Å². The minimum atomic E-state index is 0.713. The van der Waals surface area contributed by atoms with Crippen LogP contribution in [0.5, 0.6) is 5.75 Å². The van der Waals surface area contributed by atoms with Gasteiger partial charge in [0, 0.05) is 30.4 Å². The van der Waals surface area contributed by atoms with Crippen LogP contribution in [0.1, 0.15) is 12.7 Å². The minimum Gasteiger partial charge on any atom is -0.497 e. The normalized spacial score (nSPS) is 10.4. The van der Waals surface area contributed by atoms with E-state index in [2.05, 4.69) is 20.3 Å². The lowest BCUT2D eigenvalue weighted by atomic mass is 10.1. The zero-order valence-electron chi connectivity index (χ0n) is 13.5. The first-order chi connectivity index (χ1) is 11.7. The molecule has 3 aromatic rings. The van der Waals surface area contributed by atoms with Gasteiger partial charge in [-0.05, 0) is 18.2 Å². The number of H-pyrrole nitrogens is 1. The molecule has 3 rings (SSSR count). The minimum absolute atomic E-state index is 0.713. The molecule has 24 heavy (non-hydrogen) atoms. The van der Waals surface area contributed by atoms with Crippen molar-refractivity contribution >= 4 is 23.7 Å². The van der Waals surface area contributed by atoms with Crippen LogP contribution in [0.3, 0.4) is 0 Å². The number of anilines is 2. The van der Waals surface area contributed by atoms with Gasteiger partial charge in [-0.1, -0.05) is 31.3 Å². The van der Waals surface area contributed by atoms with Crippen molar-refractivity contribution in [1.29, 1.82) is 0 Å². The highest BCUT2D eigenvalue weighted by Gasteiger charge is 2.08. The lowest BCUT2D eigenvalue weighted by Gasteiger charge is -2.10. The highest BCUT2D eigenvalue weighted by Crippen LogP contribution is 2.25. The van der Waals surface area contributed by atoms with E-state index in [0.29, 0.717) is 5.82 Å². The van der Waals surface area contributed by atoms with Gasteiger partial charge >= 0.3 is 0 Å². The molecule has 2 aromatic heterocycles. The molecule has 2 N–H and O–H groups in total. The summed E-state index contributed by atoms with van der Waals surface area (Å²) in [7, 11) is 1.65. The molecule has 5 nitrogen and oxygen atoms in total. The Kier molecular flexibility index (Phi) is 4.86. The van der Waals surface area contributed by atoms with Gasteiger partial charge in [0.1, 0.15) is 17.4 Å². The van der Waals surface area contributed by atoms with Gasteiger partial charge in [-0.2, -0.15) is 0 Å². The molecule has 0 amide bonds. The number of aromatic nitrogens is 3. The van der Waals surface area contributed by atoms with Gasteiger partial charge in [0.05, 0.1) is 23.0 Å². The third kappa shape index (κ3) is 3.60. The van der Waals surface area contributed by atoms with Gasteiger partial charge in [0.15, 0.2) is 0 Å². The Hall–Kier alpha value is -2.73. The molecular formula is C18H18N4OS. The summed E-state index contributed by atoms with van der Waals surface area (Å²) in [4.78, 5) is 12.2. The molecule has 6 heteroatoms. The topological polar surface area (TPSA) is 62.8 Å². The molecule has 122 valence electrons. The second-order valence-electron chi connectivity index (χ2n) is 5.19. The van der Waals surface area contributed by atoms with E-state index in [1.807, 2.05) is 49.5 Å². The van der Waals surface area contributed by atoms with E-state index in [0.717, 1.165) is 39.4 Å². The number of nitrogens with one attached hydrogen (secondary N) is 2. The van der Waals surface area contributed by atoms with Crippen LogP contribution in [0.25, 0.3) is 11.3 Å². The van der Waals surface area contributed by atoms with Crippen molar-refractivity contribution in [3.63, 3.8) is 0 Å². The standard InChI is InChI=1S/C18H18N4OS/c1-3-17-20-14(12-5-4-6-13(9-12)23-2)10-18(22-17)21-15-11-19-8-7-16(15)24/h4-11H,3H2,1-2H3,(H,19,24)(H,20,21,22). The summed E-state index contributed by atoms with van der Waals surface area (Å²) < 4.78 is 6.03. The van der Waals surface area contributed by atoms with E-state index in [1.165, 1.54) is 0 Å². The number of aromatic amines is 1. The molecule has 0 saturated heterocycles. The Bertz CT molecular complexity index is 907. The Balaban J connectivity index is 2.02. The third-order valence-corrected chi connectivity index (χ3v) is 3.90. The largest absolute Gasteiger partial charge is 0.497 e. The maximum Gasteiger partial charge on any atom is 0.134 e. The number of pyridine rings is 1. The maximum atomic E-state index is 5.33. The van der Waals surface area contributed by atoms with E-state index in [9.17, 15) is 0 Å². The predicted molar refractivity (Wildman–Crippen MR) is 98.3 cm³/mol. The maximum absolute atomic E-state index is 5.33. The number of aryl methyl sites for hydroxylation is 1. The van der Waals surface area contributed by atoms with Crippen LogP contribution in [-0.4, -0.2) is 22.1 Å². The zero-order valence-corrected chi connectivity index (χ0v) is 14.4. The van der Waals surface area contributed by atoms with Crippen LogP contribution in [0.15, 0.2) is 48.8 Å². The van der Waals surface area contributed by atoms with Crippen molar-refractivity contribution < 1.29 is 4.74 Å². The lowest BCUT2D eigenvalue weighted by molar-refractivity contribution is 0.415. The van der Waals surface area contributed by atoms with Crippen LogP contribution in [-0.2, 0) is 6.42 Å². The number of nitrogens with zero attached hydrogens (tertiary/aromatic N) is 2. The molecule has 0 aliphatic carbocycles. The molecule has 0 spiro atoms. The van der Waals surface area contributed by atoms with Crippen LogP contribution < -0.4 is 10.1 Å². The SMILES string of the molecule is CCc1nc(Nc2c[nH]ccc2=S)cc(-c2cccc(OC)c2)n1. The van der Waals surface area contributed by atoms with Gasteiger partial charge in [0.2, 0.25) is 0 Å². The molecule has 0 atom stereocenters.